The van der Waals surface area contributed by atoms with Gasteiger partial charge in [0.1, 0.15) is 0 Å². The molecule has 0 radical (unpaired) electrons. The summed E-state index contributed by atoms with van der Waals surface area (Å²) in [6.45, 7) is 6.35. The molecule has 0 spiro atoms. The Morgan fingerprint density at radius 2 is 1.85 bits per heavy atom. The molecule has 0 aliphatic rings. The predicted molar refractivity (Wildman–Crippen MR) is 61.7 cm³/mol. The van der Waals surface area contributed by atoms with Crippen molar-refractivity contribution in [3.63, 3.8) is 0 Å². The minimum absolute atomic E-state index is 0. The first kappa shape index (κ1) is 12.1. The molecule has 0 fully saturated rings. The molecule has 0 aromatic heterocycles. The maximum atomic E-state index is 5.68. The van der Waals surface area contributed by atoms with Crippen molar-refractivity contribution < 1.29 is 0 Å². The van der Waals surface area contributed by atoms with E-state index in [4.69, 9.17) is 5.73 Å². The second-order valence-corrected chi connectivity index (χ2v) is 2.77. The van der Waals surface area contributed by atoms with Crippen LogP contribution in [-0.2, 0) is 0 Å². The molecule has 0 amide bonds. The van der Waals surface area contributed by atoms with E-state index in [0.717, 1.165) is 18.8 Å². The molecular weight excluding hydrogens is 184 g/mol. The Morgan fingerprint density at radius 1 is 1.23 bits per heavy atom. The number of anilines is 2. The SMILES string of the molecule is CCN(CC)c1cccc(N)c1.Cl. The van der Waals surface area contributed by atoms with Crippen LogP contribution in [0.4, 0.5) is 11.4 Å². The molecule has 3 heteroatoms. The number of nitrogens with zero attached hydrogens (tertiary/aromatic N) is 1. The van der Waals surface area contributed by atoms with Gasteiger partial charge in [-0.25, -0.2) is 0 Å². The first-order valence-electron chi connectivity index (χ1n) is 4.38. The predicted octanol–water partition coefficient (Wildman–Crippen LogP) is 2.54. The topological polar surface area (TPSA) is 29.3 Å². The molecule has 13 heavy (non-hydrogen) atoms. The third-order valence-electron chi connectivity index (χ3n) is 2.00. The van der Waals surface area contributed by atoms with Gasteiger partial charge in [0.05, 0.1) is 0 Å². The third-order valence-corrected chi connectivity index (χ3v) is 2.00. The van der Waals surface area contributed by atoms with Gasteiger partial charge in [-0.3, -0.25) is 0 Å². The third kappa shape index (κ3) is 3.15. The number of rotatable bonds is 3. The summed E-state index contributed by atoms with van der Waals surface area (Å²) in [5.41, 5.74) is 7.72. The first-order valence-corrected chi connectivity index (χ1v) is 4.38. The molecule has 0 saturated heterocycles. The van der Waals surface area contributed by atoms with Crippen molar-refractivity contribution in [1.29, 1.82) is 0 Å². The van der Waals surface area contributed by atoms with Gasteiger partial charge in [0.25, 0.3) is 0 Å². The Labute approximate surface area is 86.1 Å². The quantitative estimate of drug-likeness (QED) is 0.760. The van der Waals surface area contributed by atoms with Gasteiger partial charge in [-0.05, 0) is 32.0 Å². The molecule has 0 atom stereocenters. The highest BCUT2D eigenvalue weighted by atomic mass is 35.5. The molecule has 0 bridgehead atoms. The van der Waals surface area contributed by atoms with Crippen LogP contribution in [0, 0.1) is 0 Å². The average molecular weight is 201 g/mol. The Hall–Kier alpha value is -0.890. The Kier molecular flexibility index (Phi) is 5.31. The molecule has 74 valence electrons. The van der Waals surface area contributed by atoms with Gasteiger partial charge < -0.3 is 10.6 Å². The van der Waals surface area contributed by atoms with Crippen molar-refractivity contribution in [3.05, 3.63) is 24.3 Å². The molecular formula is C10H17ClN2. The van der Waals surface area contributed by atoms with Crippen molar-refractivity contribution in [3.8, 4) is 0 Å². The van der Waals surface area contributed by atoms with E-state index in [0.29, 0.717) is 0 Å². The van der Waals surface area contributed by atoms with Crippen molar-refractivity contribution in [2.75, 3.05) is 23.7 Å². The highest BCUT2D eigenvalue weighted by Crippen LogP contribution is 2.16. The first-order chi connectivity index (χ1) is 5.77. The summed E-state index contributed by atoms with van der Waals surface area (Å²) in [7, 11) is 0. The van der Waals surface area contributed by atoms with Gasteiger partial charge in [-0.1, -0.05) is 6.07 Å². The number of hydrogen-bond donors (Lipinski definition) is 1. The molecule has 2 N–H and O–H groups in total. The Balaban J connectivity index is 0.00000144. The molecule has 0 unspecified atom stereocenters. The van der Waals surface area contributed by atoms with E-state index in [1.807, 2.05) is 18.2 Å². The van der Waals surface area contributed by atoms with Crippen molar-refractivity contribution in [2.24, 2.45) is 0 Å². The Bertz CT molecular complexity index is 246. The highest BCUT2D eigenvalue weighted by Gasteiger charge is 1.99. The summed E-state index contributed by atoms with van der Waals surface area (Å²) in [6, 6.07) is 7.99. The molecule has 0 aliphatic carbocycles. The van der Waals surface area contributed by atoms with E-state index < -0.39 is 0 Å². The van der Waals surface area contributed by atoms with Crippen LogP contribution in [0.2, 0.25) is 0 Å². The van der Waals surface area contributed by atoms with Gasteiger partial charge in [0.15, 0.2) is 0 Å². The van der Waals surface area contributed by atoms with E-state index in [1.54, 1.807) is 0 Å². The van der Waals surface area contributed by atoms with E-state index >= 15 is 0 Å². The number of hydrogen-bond acceptors (Lipinski definition) is 2. The van der Waals surface area contributed by atoms with Crippen LogP contribution in [0.15, 0.2) is 24.3 Å². The van der Waals surface area contributed by atoms with Gasteiger partial charge in [-0.15, -0.1) is 12.4 Å². The molecule has 2 nitrogen and oxygen atoms in total. The van der Waals surface area contributed by atoms with Crippen LogP contribution in [0.5, 0.6) is 0 Å². The normalized spacial score (nSPS) is 9.08. The second kappa shape index (κ2) is 5.70. The lowest BCUT2D eigenvalue weighted by atomic mass is 10.2. The Morgan fingerprint density at radius 3 is 2.31 bits per heavy atom. The van der Waals surface area contributed by atoms with Crippen LogP contribution in [0.1, 0.15) is 13.8 Å². The van der Waals surface area contributed by atoms with Crippen molar-refractivity contribution in [1.82, 2.24) is 0 Å². The number of halogens is 1. The zero-order valence-corrected chi connectivity index (χ0v) is 8.97. The monoisotopic (exact) mass is 200 g/mol. The molecule has 1 rings (SSSR count). The van der Waals surface area contributed by atoms with Gasteiger partial charge >= 0.3 is 0 Å². The molecule has 0 saturated carbocycles. The summed E-state index contributed by atoms with van der Waals surface area (Å²) in [6.07, 6.45) is 0. The number of nitrogens with two attached hydrogens (primary N) is 1. The summed E-state index contributed by atoms with van der Waals surface area (Å²) in [5.74, 6) is 0. The zero-order valence-electron chi connectivity index (χ0n) is 8.16. The summed E-state index contributed by atoms with van der Waals surface area (Å²) >= 11 is 0. The molecule has 1 aromatic rings. The van der Waals surface area contributed by atoms with Gasteiger partial charge in [0.2, 0.25) is 0 Å². The lowest BCUT2D eigenvalue weighted by molar-refractivity contribution is 0.867. The lowest BCUT2D eigenvalue weighted by Crippen LogP contribution is -2.21. The fraction of sp³-hybridized carbons (Fsp3) is 0.400. The van der Waals surface area contributed by atoms with Crippen LogP contribution >= 0.6 is 12.4 Å². The van der Waals surface area contributed by atoms with Crippen LogP contribution < -0.4 is 10.6 Å². The van der Waals surface area contributed by atoms with Gasteiger partial charge in [0, 0.05) is 24.5 Å². The van der Waals surface area contributed by atoms with Gasteiger partial charge in [-0.2, -0.15) is 0 Å². The van der Waals surface area contributed by atoms with Crippen LogP contribution in [-0.4, -0.2) is 13.1 Å². The highest BCUT2D eigenvalue weighted by molar-refractivity contribution is 5.85. The van der Waals surface area contributed by atoms with Crippen molar-refractivity contribution in [2.45, 2.75) is 13.8 Å². The maximum Gasteiger partial charge on any atom is 0.0386 e. The fourth-order valence-electron chi connectivity index (χ4n) is 1.31. The smallest absolute Gasteiger partial charge is 0.0386 e. The van der Waals surface area contributed by atoms with E-state index in [1.165, 1.54) is 5.69 Å². The number of benzene rings is 1. The minimum Gasteiger partial charge on any atom is -0.399 e. The maximum absolute atomic E-state index is 5.68. The van der Waals surface area contributed by atoms with Crippen LogP contribution in [0.3, 0.4) is 0 Å². The van der Waals surface area contributed by atoms with Crippen LogP contribution in [0.25, 0.3) is 0 Å². The summed E-state index contributed by atoms with van der Waals surface area (Å²) < 4.78 is 0. The molecule has 0 heterocycles. The van der Waals surface area contributed by atoms with Crippen molar-refractivity contribution >= 4 is 23.8 Å². The largest absolute Gasteiger partial charge is 0.399 e. The fourth-order valence-corrected chi connectivity index (χ4v) is 1.31. The lowest BCUT2D eigenvalue weighted by Gasteiger charge is -2.20. The minimum atomic E-state index is 0. The number of nitrogen functional groups attached to an aromatic ring is 1. The molecule has 0 aliphatic heterocycles. The summed E-state index contributed by atoms with van der Waals surface area (Å²) in [5, 5.41) is 0. The average Bonchev–Trinajstić information content (AvgIpc) is 2.07. The standard InChI is InChI=1S/C10H16N2.ClH/c1-3-12(4-2)10-7-5-6-9(11)8-10;/h5-8H,3-4,11H2,1-2H3;1H. The van der Waals surface area contributed by atoms with E-state index in [9.17, 15) is 0 Å². The van der Waals surface area contributed by atoms with E-state index in [-0.39, 0.29) is 12.4 Å². The molecule has 1 aromatic carbocycles. The second-order valence-electron chi connectivity index (χ2n) is 2.77. The summed E-state index contributed by atoms with van der Waals surface area (Å²) in [4.78, 5) is 2.27. The van der Waals surface area contributed by atoms with E-state index in [2.05, 4.69) is 24.8 Å². The zero-order chi connectivity index (χ0) is 8.97.